The standard InChI is InChI=1S/C26H32N4O4/c1-4-29(5-2)11-6-12-30(26(32)27-21-9-7-18(3)8-10-21)16-20-13-19-14-23-24(34-17-33-23)15-22(19)28-25(20)31/h7-10,13-15H,4-6,11-12,16-17H2,1-3H3,(H,27,32)(H,28,31). The van der Waals surface area contributed by atoms with Crippen LogP contribution in [0.2, 0.25) is 0 Å². The van der Waals surface area contributed by atoms with Gasteiger partial charge >= 0.3 is 6.03 Å². The van der Waals surface area contributed by atoms with Crippen molar-refractivity contribution in [3.05, 3.63) is 63.9 Å². The van der Waals surface area contributed by atoms with Crippen LogP contribution in [0.4, 0.5) is 10.5 Å². The van der Waals surface area contributed by atoms with Gasteiger partial charge in [0.05, 0.1) is 12.1 Å². The predicted octanol–water partition coefficient (Wildman–Crippen LogP) is 4.33. The second-order valence-corrected chi connectivity index (χ2v) is 8.51. The Kier molecular flexibility index (Phi) is 7.37. The van der Waals surface area contributed by atoms with Crippen molar-refractivity contribution in [1.82, 2.24) is 14.8 Å². The molecule has 1 aromatic heterocycles. The zero-order chi connectivity index (χ0) is 24.1. The molecule has 0 unspecified atom stereocenters. The predicted molar refractivity (Wildman–Crippen MR) is 134 cm³/mol. The van der Waals surface area contributed by atoms with Crippen LogP contribution in [-0.4, -0.2) is 53.8 Å². The lowest BCUT2D eigenvalue weighted by atomic mass is 10.1. The van der Waals surface area contributed by atoms with Crippen molar-refractivity contribution in [2.45, 2.75) is 33.7 Å². The second kappa shape index (κ2) is 10.6. The molecule has 2 amide bonds. The summed E-state index contributed by atoms with van der Waals surface area (Å²) >= 11 is 0. The fourth-order valence-corrected chi connectivity index (χ4v) is 4.08. The number of anilines is 1. The van der Waals surface area contributed by atoms with Gasteiger partial charge in [-0.25, -0.2) is 4.79 Å². The number of nitrogens with zero attached hydrogens (tertiary/aromatic N) is 2. The lowest BCUT2D eigenvalue weighted by molar-refractivity contribution is 0.174. The Morgan fingerprint density at radius 3 is 2.44 bits per heavy atom. The van der Waals surface area contributed by atoms with E-state index in [0.29, 0.717) is 29.1 Å². The van der Waals surface area contributed by atoms with E-state index < -0.39 is 0 Å². The molecule has 0 radical (unpaired) electrons. The first-order valence-corrected chi connectivity index (χ1v) is 11.8. The number of rotatable bonds is 9. The van der Waals surface area contributed by atoms with E-state index in [9.17, 15) is 9.59 Å². The Balaban J connectivity index is 1.56. The molecule has 1 aliphatic heterocycles. The van der Waals surface area contributed by atoms with Gasteiger partial charge in [0.2, 0.25) is 6.79 Å². The molecule has 2 aromatic carbocycles. The average Bonchev–Trinajstić information content (AvgIpc) is 3.28. The van der Waals surface area contributed by atoms with E-state index in [1.54, 1.807) is 11.0 Å². The topological polar surface area (TPSA) is 86.9 Å². The number of aryl methyl sites for hydroxylation is 1. The molecule has 2 N–H and O–H groups in total. The second-order valence-electron chi connectivity index (χ2n) is 8.51. The number of carbonyl (C=O) groups is 1. The van der Waals surface area contributed by atoms with Gasteiger partial charge in [0.15, 0.2) is 11.5 Å². The minimum atomic E-state index is -0.228. The summed E-state index contributed by atoms with van der Waals surface area (Å²) in [6.45, 7) is 9.99. The fraction of sp³-hybridized carbons (Fsp3) is 0.385. The Hall–Kier alpha value is -3.52. The molecule has 3 aromatic rings. The van der Waals surface area contributed by atoms with Crippen molar-refractivity contribution in [2.75, 3.05) is 38.3 Å². The van der Waals surface area contributed by atoms with Crippen molar-refractivity contribution < 1.29 is 14.3 Å². The van der Waals surface area contributed by atoms with Crippen molar-refractivity contribution in [3.8, 4) is 11.5 Å². The molecule has 0 saturated heterocycles. The maximum atomic E-state index is 13.2. The number of hydrogen-bond acceptors (Lipinski definition) is 5. The van der Waals surface area contributed by atoms with Gasteiger partial charge in [0.25, 0.3) is 5.56 Å². The fourth-order valence-electron chi connectivity index (χ4n) is 4.08. The molecular formula is C26H32N4O4. The van der Waals surface area contributed by atoms with E-state index >= 15 is 0 Å². The summed E-state index contributed by atoms with van der Waals surface area (Å²) in [5.74, 6) is 1.27. The number of H-pyrrole nitrogens is 1. The zero-order valence-electron chi connectivity index (χ0n) is 20.0. The number of fused-ring (bicyclic) bond motifs is 2. The van der Waals surface area contributed by atoms with Gasteiger partial charge in [0, 0.05) is 29.2 Å². The van der Waals surface area contributed by atoms with Crippen LogP contribution in [0, 0.1) is 6.92 Å². The summed E-state index contributed by atoms with van der Waals surface area (Å²) in [6.07, 6.45) is 0.813. The number of urea groups is 1. The first-order chi connectivity index (χ1) is 16.5. The molecule has 8 heteroatoms. The average molecular weight is 465 g/mol. The normalized spacial score (nSPS) is 12.4. The van der Waals surface area contributed by atoms with E-state index in [4.69, 9.17) is 9.47 Å². The van der Waals surface area contributed by atoms with Crippen LogP contribution in [0.15, 0.2) is 47.3 Å². The Morgan fingerprint density at radius 1 is 1.03 bits per heavy atom. The summed E-state index contributed by atoms with van der Waals surface area (Å²) in [7, 11) is 0. The molecule has 0 fully saturated rings. The van der Waals surface area contributed by atoms with Crippen LogP contribution >= 0.6 is 0 Å². The molecule has 0 spiro atoms. The molecule has 180 valence electrons. The molecule has 1 aliphatic rings. The van der Waals surface area contributed by atoms with Crippen LogP contribution in [0.3, 0.4) is 0 Å². The van der Waals surface area contributed by atoms with Gasteiger partial charge in [-0.1, -0.05) is 31.5 Å². The number of benzene rings is 2. The SMILES string of the molecule is CCN(CC)CCCN(Cc1cc2cc3c(cc2[nH]c1=O)OCO3)C(=O)Nc1ccc(C)cc1. The molecule has 0 atom stereocenters. The number of amides is 2. The van der Waals surface area contributed by atoms with E-state index in [1.807, 2.05) is 43.3 Å². The number of aromatic nitrogens is 1. The van der Waals surface area contributed by atoms with Crippen molar-refractivity contribution in [1.29, 1.82) is 0 Å². The Labute approximate surface area is 199 Å². The van der Waals surface area contributed by atoms with Crippen molar-refractivity contribution in [3.63, 3.8) is 0 Å². The minimum absolute atomic E-state index is 0.169. The number of carbonyl (C=O) groups excluding carboxylic acids is 1. The van der Waals surface area contributed by atoms with Gasteiger partial charge in [0.1, 0.15) is 0 Å². The summed E-state index contributed by atoms with van der Waals surface area (Å²) in [5.41, 5.74) is 2.83. The smallest absolute Gasteiger partial charge is 0.322 e. The largest absolute Gasteiger partial charge is 0.454 e. The van der Waals surface area contributed by atoms with Gasteiger partial charge in [-0.3, -0.25) is 4.79 Å². The monoisotopic (exact) mass is 464 g/mol. The number of aromatic amines is 1. The lowest BCUT2D eigenvalue weighted by Crippen LogP contribution is -2.38. The number of nitrogens with one attached hydrogen (secondary N) is 2. The van der Waals surface area contributed by atoms with E-state index in [-0.39, 0.29) is 24.9 Å². The van der Waals surface area contributed by atoms with Crippen LogP contribution in [0.5, 0.6) is 11.5 Å². The van der Waals surface area contributed by atoms with Crippen molar-refractivity contribution in [2.24, 2.45) is 0 Å². The molecule has 0 bridgehead atoms. The number of hydrogen-bond donors (Lipinski definition) is 2. The zero-order valence-corrected chi connectivity index (χ0v) is 20.0. The lowest BCUT2D eigenvalue weighted by Gasteiger charge is -2.25. The van der Waals surface area contributed by atoms with Crippen LogP contribution in [0.1, 0.15) is 31.4 Å². The molecule has 2 heterocycles. The maximum absolute atomic E-state index is 13.2. The highest BCUT2D eigenvalue weighted by molar-refractivity contribution is 5.89. The highest BCUT2D eigenvalue weighted by atomic mass is 16.7. The first-order valence-electron chi connectivity index (χ1n) is 11.8. The molecular weight excluding hydrogens is 432 g/mol. The molecule has 0 aliphatic carbocycles. The molecule has 8 nitrogen and oxygen atoms in total. The highest BCUT2D eigenvalue weighted by Crippen LogP contribution is 2.35. The third-order valence-electron chi connectivity index (χ3n) is 6.16. The van der Waals surface area contributed by atoms with Crippen LogP contribution in [-0.2, 0) is 6.54 Å². The van der Waals surface area contributed by atoms with Gasteiger partial charge in [-0.2, -0.15) is 0 Å². The van der Waals surface area contributed by atoms with Crippen molar-refractivity contribution >= 4 is 22.6 Å². The van der Waals surface area contributed by atoms with E-state index in [2.05, 4.69) is 29.0 Å². The summed E-state index contributed by atoms with van der Waals surface area (Å²) in [4.78, 5) is 33.0. The summed E-state index contributed by atoms with van der Waals surface area (Å²) < 4.78 is 10.9. The van der Waals surface area contributed by atoms with E-state index in [1.165, 1.54) is 0 Å². The number of ether oxygens (including phenoxy) is 2. The third-order valence-corrected chi connectivity index (χ3v) is 6.16. The van der Waals surface area contributed by atoms with Gasteiger partial charge in [-0.05, 0) is 57.2 Å². The Morgan fingerprint density at radius 2 is 1.74 bits per heavy atom. The van der Waals surface area contributed by atoms with Crippen LogP contribution < -0.4 is 20.3 Å². The summed E-state index contributed by atoms with van der Waals surface area (Å²) in [5, 5.41) is 3.80. The minimum Gasteiger partial charge on any atom is -0.454 e. The van der Waals surface area contributed by atoms with Gasteiger partial charge in [-0.15, -0.1) is 0 Å². The third kappa shape index (κ3) is 5.51. The maximum Gasteiger partial charge on any atom is 0.322 e. The molecule has 0 saturated carbocycles. The number of pyridine rings is 1. The van der Waals surface area contributed by atoms with Crippen LogP contribution in [0.25, 0.3) is 10.9 Å². The highest BCUT2D eigenvalue weighted by Gasteiger charge is 2.19. The quantitative estimate of drug-likeness (QED) is 0.492. The van der Waals surface area contributed by atoms with Gasteiger partial charge < -0.3 is 29.6 Å². The first kappa shape index (κ1) is 23.6. The summed E-state index contributed by atoms with van der Waals surface area (Å²) in [6, 6.07) is 12.9. The molecule has 4 rings (SSSR count). The molecule has 34 heavy (non-hydrogen) atoms. The Bertz CT molecular complexity index is 1200. The van der Waals surface area contributed by atoms with E-state index in [0.717, 1.165) is 42.7 Å².